The van der Waals surface area contributed by atoms with Gasteiger partial charge in [0.25, 0.3) is 15.9 Å². The third-order valence-corrected chi connectivity index (χ3v) is 7.67. The molecule has 1 aliphatic rings. The van der Waals surface area contributed by atoms with Crippen molar-refractivity contribution in [3.05, 3.63) is 82.1 Å². The molecule has 1 aliphatic heterocycles. The molecule has 0 saturated carbocycles. The van der Waals surface area contributed by atoms with E-state index in [4.69, 9.17) is 4.74 Å². The Labute approximate surface area is 200 Å². The van der Waals surface area contributed by atoms with Crippen LogP contribution in [0.3, 0.4) is 0 Å². The van der Waals surface area contributed by atoms with Crippen molar-refractivity contribution >= 4 is 43.2 Å². The van der Waals surface area contributed by atoms with Crippen molar-refractivity contribution in [3.8, 4) is 5.75 Å². The van der Waals surface area contributed by atoms with Crippen LogP contribution in [0.1, 0.15) is 17.5 Å². The Hall–Kier alpha value is -2.91. The number of hydrogen-bond donors (Lipinski definition) is 1. The largest absolute Gasteiger partial charge is 0.483 e. The van der Waals surface area contributed by atoms with Crippen molar-refractivity contribution in [1.82, 2.24) is 0 Å². The second-order valence-electron chi connectivity index (χ2n) is 7.70. The quantitative estimate of drug-likeness (QED) is 0.481. The van der Waals surface area contributed by atoms with Gasteiger partial charge in [0.05, 0.1) is 16.3 Å². The van der Waals surface area contributed by atoms with Gasteiger partial charge in [0.2, 0.25) is 0 Å². The van der Waals surface area contributed by atoms with Crippen molar-refractivity contribution in [3.63, 3.8) is 0 Å². The molecule has 1 amide bonds. The average Bonchev–Trinajstić information content (AvgIpc) is 2.79. The van der Waals surface area contributed by atoms with Gasteiger partial charge in [-0.1, -0.05) is 34.1 Å². The average molecular weight is 533 g/mol. The summed E-state index contributed by atoms with van der Waals surface area (Å²) in [6, 6.07) is 16.4. The van der Waals surface area contributed by atoms with Crippen LogP contribution in [0.15, 0.2) is 70.0 Å². The highest BCUT2D eigenvalue weighted by Gasteiger charge is 2.29. The van der Waals surface area contributed by atoms with Crippen LogP contribution < -0.4 is 14.4 Å². The molecule has 4 rings (SSSR count). The molecule has 0 aliphatic carbocycles. The van der Waals surface area contributed by atoms with E-state index in [0.29, 0.717) is 28.0 Å². The molecule has 0 unspecified atom stereocenters. The molecule has 0 spiro atoms. The number of amides is 1. The summed E-state index contributed by atoms with van der Waals surface area (Å²) in [5.74, 6) is -0.723. The second kappa shape index (κ2) is 9.52. The maximum absolute atomic E-state index is 13.9. The number of fused-ring (bicyclic) bond motifs is 1. The predicted molar refractivity (Wildman–Crippen MR) is 129 cm³/mol. The molecule has 0 aromatic heterocycles. The molecule has 0 atom stereocenters. The molecule has 0 radical (unpaired) electrons. The minimum absolute atomic E-state index is 0.0479. The molecular weight excluding hydrogens is 511 g/mol. The number of carbonyl (C=O) groups is 1. The summed E-state index contributed by atoms with van der Waals surface area (Å²) in [4.78, 5) is 12.3. The van der Waals surface area contributed by atoms with Crippen molar-refractivity contribution < 1.29 is 22.3 Å². The van der Waals surface area contributed by atoms with Crippen molar-refractivity contribution in [2.75, 3.05) is 22.8 Å². The summed E-state index contributed by atoms with van der Waals surface area (Å²) in [5.41, 5.74) is 2.34. The first kappa shape index (κ1) is 23.3. The number of hydrogen-bond acceptors (Lipinski definition) is 4. The van der Waals surface area contributed by atoms with Gasteiger partial charge < -0.3 is 10.1 Å². The van der Waals surface area contributed by atoms with Crippen LogP contribution in [0.2, 0.25) is 0 Å². The lowest BCUT2D eigenvalue weighted by molar-refractivity contribution is -0.118. The van der Waals surface area contributed by atoms with Crippen molar-refractivity contribution in [2.24, 2.45) is 0 Å². The number of benzene rings is 3. The van der Waals surface area contributed by atoms with Gasteiger partial charge in [0, 0.05) is 11.0 Å². The van der Waals surface area contributed by atoms with Crippen molar-refractivity contribution in [2.45, 2.75) is 24.7 Å². The summed E-state index contributed by atoms with van der Waals surface area (Å²) >= 11 is 3.16. The number of carbonyl (C=O) groups excluding carboxylic acids is 1. The topological polar surface area (TPSA) is 75.7 Å². The Morgan fingerprint density at radius 1 is 1.15 bits per heavy atom. The lowest BCUT2D eigenvalue weighted by Gasteiger charge is -2.30. The van der Waals surface area contributed by atoms with E-state index >= 15 is 0 Å². The fourth-order valence-corrected chi connectivity index (χ4v) is 5.70. The van der Waals surface area contributed by atoms with E-state index in [1.54, 1.807) is 13.0 Å². The van der Waals surface area contributed by atoms with Gasteiger partial charge in [0.15, 0.2) is 6.61 Å². The number of nitrogens with zero attached hydrogens (tertiary/aromatic N) is 1. The Balaban J connectivity index is 1.46. The van der Waals surface area contributed by atoms with Gasteiger partial charge in [-0.25, -0.2) is 12.8 Å². The fourth-order valence-electron chi connectivity index (χ4n) is 3.74. The van der Waals surface area contributed by atoms with Crippen LogP contribution in [-0.4, -0.2) is 27.5 Å². The SMILES string of the molecule is Cc1cc(S(=O)(=O)N2CCCc3ccccc32)ccc1OCC(=O)Nc1ccc(Br)cc1F. The van der Waals surface area contributed by atoms with Crippen LogP contribution in [-0.2, 0) is 21.2 Å². The summed E-state index contributed by atoms with van der Waals surface area (Å²) in [5, 5.41) is 2.45. The Morgan fingerprint density at radius 2 is 1.94 bits per heavy atom. The monoisotopic (exact) mass is 532 g/mol. The minimum atomic E-state index is -3.74. The van der Waals surface area contributed by atoms with E-state index in [1.165, 1.54) is 34.6 Å². The first-order chi connectivity index (χ1) is 15.8. The van der Waals surface area contributed by atoms with Gasteiger partial charge >= 0.3 is 0 Å². The molecule has 6 nitrogen and oxygen atoms in total. The van der Waals surface area contributed by atoms with Crippen LogP contribution in [0, 0.1) is 12.7 Å². The number of sulfonamides is 1. The zero-order valence-electron chi connectivity index (χ0n) is 17.8. The maximum atomic E-state index is 13.9. The summed E-state index contributed by atoms with van der Waals surface area (Å²) in [7, 11) is -3.74. The standard InChI is InChI=1S/C24H22BrFN2O4S/c1-16-13-19(33(30,31)28-12-4-6-17-5-2-3-7-22(17)28)9-11-23(16)32-15-24(29)27-21-10-8-18(25)14-20(21)26/h2-3,5,7-11,13-14H,4,6,12,15H2,1H3,(H,27,29). The number of para-hydroxylation sites is 1. The van der Waals surface area contributed by atoms with Crippen molar-refractivity contribution in [1.29, 1.82) is 0 Å². The molecule has 3 aromatic carbocycles. The van der Waals surface area contributed by atoms with Gasteiger partial charge in [-0.3, -0.25) is 9.10 Å². The number of anilines is 2. The first-order valence-corrected chi connectivity index (χ1v) is 12.6. The van der Waals surface area contributed by atoms with E-state index < -0.39 is 21.7 Å². The molecule has 172 valence electrons. The molecule has 0 bridgehead atoms. The van der Waals surface area contributed by atoms with Crippen LogP contribution >= 0.6 is 15.9 Å². The number of rotatable bonds is 6. The minimum Gasteiger partial charge on any atom is -0.483 e. The van der Waals surface area contributed by atoms with E-state index in [1.807, 2.05) is 24.3 Å². The predicted octanol–water partition coefficient (Wildman–Crippen LogP) is 5.06. The van der Waals surface area contributed by atoms with Crippen LogP contribution in [0.5, 0.6) is 5.75 Å². The highest BCUT2D eigenvalue weighted by atomic mass is 79.9. The number of halogens is 2. The molecule has 3 aromatic rings. The van der Waals surface area contributed by atoms with Gasteiger partial charge in [-0.2, -0.15) is 0 Å². The molecule has 0 fully saturated rings. The second-order valence-corrected chi connectivity index (χ2v) is 10.5. The third-order valence-electron chi connectivity index (χ3n) is 5.37. The van der Waals surface area contributed by atoms with Gasteiger partial charge in [-0.15, -0.1) is 0 Å². The van der Waals surface area contributed by atoms with E-state index in [9.17, 15) is 17.6 Å². The number of nitrogens with one attached hydrogen (secondary N) is 1. The Morgan fingerprint density at radius 3 is 2.70 bits per heavy atom. The molecule has 1 heterocycles. The molecule has 9 heteroatoms. The fraction of sp³-hybridized carbons (Fsp3) is 0.208. The highest BCUT2D eigenvalue weighted by Crippen LogP contribution is 2.33. The maximum Gasteiger partial charge on any atom is 0.264 e. The lowest BCUT2D eigenvalue weighted by atomic mass is 10.0. The third kappa shape index (κ3) is 5.04. The Kier molecular flexibility index (Phi) is 6.71. The molecule has 33 heavy (non-hydrogen) atoms. The smallest absolute Gasteiger partial charge is 0.264 e. The molecular formula is C24H22BrFN2O4S. The molecule has 0 saturated heterocycles. The lowest BCUT2D eigenvalue weighted by Crippen LogP contribution is -2.35. The summed E-state index contributed by atoms with van der Waals surface area (Å²) in [6.07, 6.45) is 1.60. The number of aryl methyl sites for hydroxylation is 2. The van der Waals surface area contributed by atoms with E-state index in [-0.39, 0.29) is 17.2 Å². The van der Waals surface area contributed by atoms with Crippen LogP contribution in [0.4, 0.5) is 15.8 Å². The summed E-state index contributed by atoms with van der Waals surface area (Å²) in [6.45, 7) is 1.79. The zero-order chi connectivity index (χ0) is 23.6. The summed E-state index contributed by atoms with van der Waals surface area (Å²) < 4.78 is 48.1. The first-order valence-electron chi connectivity index (χ1n) is 10.3. The number of ether oxygens (including phenoxy) is 1. The Bertz CT molecular complexity index is 1310. The normalized spacial score (nSPS) is 13.4. The van der Waals surface area contributed by atoms with E-state index in [0.717, 1.165) is 18.4 Å². The van der Waals surface area contributed by atoms with Crippen LogP contribution in [0.25, 0.3) is 0 Å². The highest BCUT2D eigenvalue weighted by molar-refractivity contribution is 9.10. The van der Waals surface area contributed by atoms with E-state index in [2.05, 4.69) is 21.2 Å². The van der Waals surface area contributed by atoms with Gasteiger partial charge in [-0.05, 0) is 73.4 Å². The zero-order valence-corrected chi connectivity index (χ0v) is 20.2. The van der Waals surface area contributed by atoms with Gasteiger partial charge in [0.1, 0.15) is 11.6 Å². The molecule has 1 N–H and O–H groups in total.